The predicted molar refractivity (Wildman–Crippen MR) is 77.5 cm³/mol. The van der Waals surface area contributed by atoms with E-state index in [2.05, 4.69) is 52.0 Å². The highest BCUT2D eigenvalue weighted by Gasteiger charge is 2.32. The molecule has 0 saturated heterocycles. The van der Waals surface area contributed by atoms with E-state index in [9.17, 15) is 0 Å². The highest BCUT2D eigenvalue weighted by Crippen LogP contribution is 2.44. The molecular weight excluding hydrogens is 204 g/mol. The Morgan fingerprint density at radius 1 is 1.06 bits per heavy atom. The van der Waals surface area contributed by atoms with E-state index in [1.807, 2.05) is 13.8 Å². The summed E-state index contributed by atoms with van der Waals surface area (Å²) in [5.74, 6) is 1.57. The Morgan fingerprint density at radius 3 is 2.24 bits per heavy atom. The van der Waals surface area contributed by atoms with Gasteiger partial charge in [-0.05, 0) is 41.2 Å². The maximum absolute atomic E-state index is 2.38. The second kappa shape index (κ2) is 5.71. The molecule has 0 N–H and O–H groups in total. The summed E-state index contributed by atoms with van der Waals surface area (Å²) in [5.41, 5.74) is 3.57. The Hall–Kier alpha value is -0.780. The van der Waals surface area contributed by atoms with Crippen molar-refractivity contribution in [3.63, 3.8) is 0 Å². The summed E-state index contributed by atoms with van der Waals surface area (Å²) in [5, 5.41) is 0. The first-order valence-corrected chi connectivity index (χ1v) is 7.06. The summed E-state index contributed by atoms with van der Waals surface area (Å²) in [4.78, 5) is 0. The summed E-state index contributed by atoms with van der Waals surface area (Å²) in [6, 6.07) is 9.00. The van der Waals surface area contributed by atoms with Crippen molar-refractivity contribution in [2.75, 3.05) is 0 Å². The zero-order valence-electron chi connectivity index (χ0n) is 12.4. The van der Waals surface area contributed by atoms with Crippen LogP contribution in [0.5, 0.6) is 0 Å². The first-order valence-electron chi connectivity index (χ1n) is 7.06. The SMILES string of the molecule is CC.CC1Cc2ccccc2C(C(C)(C)C)C1. The third-order valence-electron chi connectivity index (χ3n) is 3.68. The molecule has 0 heterocycles. The van der Waals surface area contributed by atoms with Gasteiger partial charge in [0.15, 0.2) is 0 Å². The molecule has 2 rings (SSSR count). The lowest BCUT2D eigenvalue weighted by atomic mass is 9.67. The normalized spacial score (nSPS) is 23.4. The first kappa shape index (κ1) is 14.3. The fourth-order valence-electron chi connectivity index (χ4n) is 2.87. The second-order valence-corrected chi connectivity index (χ2v) is 6.16. The second-order valence-electron chi connectivity index (χ2n) is 6.16. The maximum Gasteiger partial charge on any atom is -0.0108 e. The van der Waals surface area contributed by atoms with E-state index in [0.717, 1.165) is 11.8 Å². The molecule has 0 spiro atoms. The molecule has 1 aromatic rings. The molecule has 0 aromatic heterocycles. The number of fused-ring (bicyclic) bond motifs is 1. The van der Waals surface area contributed by atoms with Crippen LogP contribution in [0, 0.1) is 11.3 Å². The van der Waals surface area contributed by atoms with E-state index < -0.39 is 0 Å². The number of hydrogen-bond donors (Lipinski definition) is 0. The average Bonchev–Trinajstić information content (AvgIpc) is 2.29. The van der Waals surface area contributed by atoms with Crippen molar-refractivity contribution in [1.82, 2.24) is 0 Å². The molecule has 0 aliphatic heterocycles. The van der Waals surface area contributed by atoms with Gasteiger partial charge in [0.2, 0.25) is 0 Å². The van der Waals surface area contributed by atoms with Crippen molar-refractivity contribution in [3.8, 4) is 0 Å². The third kappa shape index (κ3) is 3.34. The fraction of sp³-hybridized carbons (Fsp3) is 0.647. The Morgan fingerprint density at radius 2 is 1.65 bits per heavy atom. The molecule has 0 fully saturated rings. The van der Waals surface area contributed by atoms with Gasteiger partial charge in [0.05, 0.1) is 0 Å². The van der Waals surface area contributed by atoms with E-state index >= 15 is 0 Å². The quantitative estimate of drug-likeness (QED) is 0.560. The van der Waals surface area contributed by atoms with Crippen LogP contribution in [0.25, 0.3) is 0 Å². The first-order chi connectivity index (χ1) is 7.98. The number of hydrogen-bond acceptors (Lipinski definition) is 0. The largest absolute Gasteiger partial charge is 0.0683 e. The smallest absolute Gasteiger partial charge is 0.0108 e. The molecule has 0 heteroatoms. The molecule has 0 nitrogen and oxygen atoms in total. The zero-order chi connectivity index (χ0) is 13.1. The highest BCUT2D eigenvalue weighted by atomic mass is 14.4. The van der Waals surface area contributed by atoms with Crippen LogP contribution in [0.3, 0.4) is 0 Å². The van der Waals surface area contributed by atoms with Gasteiger partial charge in [-0.25, -0.2) is 0 Å². The lowest BCUT2D eigenvalue weighted by molar-refractivity contribution is 0.258. The van der Waals surface area contributed by atoms with Gasteiger partial charge in [0, 0.05) is 0 Å². The lowest BCUT2D eigenvalue weighted by Gasteiger charge is -2.38. The molecule has 0 bridgehead atoms. The van der Waals surface area contributed by atoms with Crippen molar-refractivity contribution in [1.29, 1.82) is 0 Å². The summed E-state index contributed by atoms with van der Waals surface area (Å²) in [6.45, 7) is 13.5. The maximum atomic E-state index is 2.38. The molecule has 17 heavy (non-hydrogen) atoms. The molecule has 0 amide bonds. The summed E-state index contributed by atoms with van der Waals surface area (Å²) < 4.78 is 0. The average molecular weight is 232 g/mol. The monoisotopic (exact) mass is 232 g/mol. The minimum Gasteiger partial charge on any atom is -0.0683 e. The van der Waals surface area contributed by atoms with Crippen molar-refractivity contribution in [2.24, 2.45) is 11.3 Å². The fourth-order valence-corrected chi connectivity index (χ4v) is 2.87. The minimum atomic E-state index is 0.394. The summed E-state index contributed by atoms with van der Waals surface area (Å²) >= 11 is 0. The van der Waals surface area contributed by atoms with Gasteiger partial charge in [-0.3, -0.25) is 0 Å². The van der Waals surface area contributed by atoms with Gasteiger partial charge in [-0.1, -0.05) is 65.8 Å². The van der Waals surface area contributed by atoms with Crippen molar-refractivity contribution >= 4 is 0 Å². The van der Waals surface area contributed by atoms with Gasteiger partial charge in [0.25, 0.3) is 0 Å². The lowest BCUT2D eigenvalue weighted by Crippen LogP contribution is -2.26. The van der Waals surface area contributed by atoms with E-state index in [0.29, 0.717) is 5.41 Å². The molecule has 0 saturated carbocycles. The molecular formula is C17H28. The molecule has 2 unspecified atom stereocenters. The van der Waals surface area contributed by atoms with Crippen molar-refractivity contribution < 1.29 is 0 Å². The van der Waals surface area contributed by atoms with E-state index in [-0.39, 0.29) is 0 Å². The van der Waals surface area contributed by atoms with Crippen LogP contribution >= 0.6 is 0 Å². The van der Waals surface area contributed by atoms with E-state index in [1.165, 1.54) is 12.8 Å². The third-order valence-corrected chi connectivity index (χ3v) is 3.68. The van der Waals surface area contributed by atoms with E-state index in [1.54, 1.807) is 11.1 Å². The van der Waals surface area contributed by atoms with Gasteiger partial charge < -0.3 is 0 Å². The number of rotatable bonds is 0. The summed E-state index contributed by atoms with van der Waals surface area (Å²) in [7, 11) is 0. The van der Waals surface area contributed by atoms with Gasteiger partial charge >= 0.3 is 0 Å². The predicted octanol–water partition coefficient (Wildman–Crippen LogP) is 5.42. The van der Waals surface area contributed by atoms with Gasteiger partial charge in [-0.2, -0.15) is 0 Å². The van der Waals surface area contributed by atoms with Crippen molar-refractivity contribution in [3.05, 3.63) is 35.4 Å². The van der Waals surface area contributed by atoms with Crippen LogP contribution < -0.4 is 0 Å². The van der Waals surface area contributed by atoms with Crippen LogP contribution in [0.15, 0.2) is 24.3 Å². The Bertz CT molecular complexity index is 343. The van der Waals surface area contributed by atoms with Crippen LogP contribution in [0.4, 0.5) is 0 Å². The molecule has 1 aromatic carbocycles. The highest BCUT2D eigenvalue weighted by molar-refractivity contribution is 5.34. The summed E-state index contributed by atoms with van der Waals surface area (Å²) in [6.07, 6.45) is 2.61. The van der Waals surface area contributed by atoms with Crippen LogP contribution in [0.2, 0.25) is 0 Å². The Labute approximate surface area is 107 Å². The van der Waals surface area contributed by atoms with Gasteiger partial charge in [-0.15, -0.1) is 0 Å². The van der Waals surface area contributed by atoms with Crippen molar-refractivity contribution in [2.45, 2.75) is 60.3 Å². The van der Waals surface area contributed by atoms with Gasteiger partial charge in [0.1, 0.15) is 0 Å². The Kier molecular flexibility index (Phi) is 4.80. The minimum absolute atomic E-state index is 0.394. The molecule has 2 atom stereocenters. The molecule has 1 aliphatic carbocycles. The molecule has 1 aliphatic rings. The van der Waals surface area contributed by atoms with Crippen LogP contribution in [-0.2, 0) is 6.42 Å². The van der Waals surface area contributed by atoms with E-state index in [4.69, 9.17) is 0 Å². The standard InChI is InChI=1S/C15H22.C2H6/c1-11-9-12-7-5-6-8-13(12)14(10-11)15(2,3)4;1-2/h5-8,11,14H,9-10H2,1-4H3;1-2H3. The van der Waals surface area contributed by atoms with Crippen LogP contribution in [0.1, 0.15) is 65.0 Å². The number of benzene rings is 1. The molecule has 0 radical (unpaired) electrons. The Balaban J connectivity index is 0.000000686. The zero-order valence-corrected chi connectivity index (χ0v) is 12.4. The van der Waals surface area contributed by atoms with Crippen LogP contribution in [-0.4, -0.2) is 0 Å². The topological polar surface area (TPSA) is 0 Å². The molecule has 96 valence electrons.